The van der Waals surface area contributed by atoms with Crippen LogP contribution >= 0.6 is 7.82 Å². The summed E-state index contributed by atoms with van der Waals surface area (Å²) in [5.41, 5.74) is 11.2. The van der Waals surface area contributed by atoms with Crippen LogP contribution in [0.15, 0.2) is 23.8 Å². The first-order valence-electron chi connectivity index (χ1n) is 12.1. The summed E-state index contributed by atoms with van der Waals surface area (Å²) in [5, 5.41) is 20.1. The highest BCUT2D eigenvalue weighted by Gasteiger charge is 2.51. The zero-order valence-electron chi connectivity index (χ0n) is 20.8. The van der Waals surface area contributed by atoms with Gasteiger partial charge in [0.05, 0.1) is 32.0 Å². The van der Waals surface area contributed by atoms with E-state index in [-0.39, 0.29) is 29.4 Å². The number of aromatic amines is 1. The van der Waals surface area contributed by atoms with E-state index >= 15 is 4.39 Å². The number of nitrogens with zero attached hydrogens (tertiary/aromatic N) is 7. The van der Waals surface area contributed by atoms with Crippen molar-refractivity contribution in [3.63, 3.8) is 0 Å². The topological polar surface area (TPSA) is 274 Å². The number of imidazole rings is 2. The molecule has 220 valence electrons. The molecule has 0 radical (unpaired) electrons. The van der Waals surface area contributed by atoms with E-state index in [0.29, 0.717) is 11.2 Å². The Morgan fingerprint density at radius 2 is 1.88 bits per heavy atom. The van der Waals surface area contributed by atoms with Gasteiger partial charge in [0.15, 0.2) is 35.0 Å². The van der Waals surface area contributed by atoms with Gasteiger partial charge in [0.1, 0.15) is 36.4 Å². The van der Waals surface area contributed by atoms with Crippen LogP contribution < -0.4 is 17.0 Å². The fraction of sp³-hybridized carbons (Fsp3) is 0.500. The van der Waals surface area contributed by atoms with Gasteiger partial charge in [0, 0.05) is 6.42 Å². The molecule has 2 aliphatic heterocycles. The SMILES string of the molecule is Nc1nc2c(ncn2[C@@H]2O[C@H](CO)C(F)C2OP(=O)(O)OC[C@H]2O[C@@H](n3cnc4c(N)ncnc43)CC2O)c(=O)[nH]1. The van der Waals surface area contributed by atoms with Crippen molar-refractivity contribution in [1.29, 1.82) is 0 Å². The first-order valence-corrected chi connectivity index (χ1v) is 13.6. The largest absolute Gasteiger partial charge is 0.472 e. The molecule has 21 heteroatoms. The Morgan fingerprint density at radius 1 is 1.12 bits per heavy atom. The van der Waals surface area contributed by atoms with Crippen molar-refractivity contribution in [3.8, 4) is 0 Å². The Hall–Kier alpha value is -3.62. The van der Waals surface area contributed by atoms with Gasteiger partial charge in [-0.2, -0.15) is 4.98 Å². The van der Waals surface area contributed by atoms with Gasteiger partial charge in [-0.1, -0.05) is 0 Å². The second kappa shape index (κ2) is 10.3. The third kappa shape index (κ3) is 4.93. The van der Waals surface area contributed by atoms with Gasteiger partial charge in [-0.15, -0.1) is 0 Å². The molecule has 6 rings (SSSR count). The van der Waals surface area contributed by atoms with Crippen molar-refractivity contribution < 1.29 is 42.6 Å². The first-order chi connectivity index (χ1) is 19.6. The molecule has 19 nitrogen and oxygen atoms in total. The summed E-state index contributed by atoms with van der Waals surface area (Å²) >= 11 is 0. The van der Waals surface area contributed by atoms with Crippen LogP contribution in [0.4, 0.5) is 16.2 Å². The van der Waals surface area contributed by atoms with Gasteiger partial charge in [-0.3, -0.25) is 28.0 Å². The van der Waals surface area contributed by atoms with Crippen molar-refractivity contribution in [3.05, 3.63) is 29.3 Å². The van der Waals surface area contributed by atoms with Crippen molar-refractivity contribution in [1.82, 2.24) is 39.0 Å². The third-order valence-corrected chi connectivity index (χ3v) is 7.71. The highest BCUT2D eigenvalue weighted by Crippen LogP contribution is 2.50. The summed E-state index contributed by atoms with van der Waals surface area (Å²) in [6, 6.07) is 0. The Kier molecular flexibility index (Phi) is 6.94. The number of alkyl halides is 1. The maximum Gasteiger partial charge on any atom is 0.472 e. The fourth-order valence-corrected chi connectivity index (χ4v) is 5.70. The van der Waals surface area contributed by atoms with Crippen LogP contribution in [0.3, 0.4) is 0 Å². The minimum absolute atomic E-state index is 0.0617. The molecule has 0 saturated carbocycles. The average Bonchev–Trinajstić information content (AvgIpc) is 3.69. The Morgan fingerprint density at radius 3 is 2.66 bits per heavy atom. The van der Waals surface area contributed by atoms with Crippen LogP contribution in [-0.4, -0.2) is 97.9 Å². The number of phosphoric ester groups is 1. The van der Waals surface area contributed by atoms with Crippen LogP contribution in [0.5, 0.6) is 0 Å². The molecule has 41 heavy (non-hydrogen) atoms. The minimum Gasteiger partial charge on any atom is -0.394 e. The monoisotopic (exact) mass is 598 g/mol. The molecule has 2 saturated heterocycles. The van der Waals surface area contributed by atoms with E-state index in [1.807, 2.05) is 0 Å². The number of halogens is 1. The molecule has 0 aromatic carbocycles. The van der Waals surface area contributed by atoms with Crippen molar-refractivity contribution in [2.75, 3.05) is 24.7 Å². The number of nitrogen functional groups attached to an aromatic ring is 2. The molecule has 4 unspecified atom stereocenters. The molecule has 0 bridgehead atoms. The number of aliphatic hydroxyl groups is 2. The van der Waals surface area contributed by atoms with Gasteiger partial charge < -0.3 is 36.0 Å². The van der Waals surface area contributed by atoms with E-state index in [4.69, 9.17) is 30.0 Å². The molecule has 0 amide bonds. The molecule has 2 fully saturated rings. The summed E-state index contributed by atoms with van der Waals surface area (Å²) in [7, 11) is -5.03. The lowest BCUT2D eigenvalue weighted by Crippen LogP contribution is -2.32. The summed E-state index contributed by atoms with van der Waals surface area (Å²) in [6.07, 6.45) is -6.03. The molecule has 0 spiro atoms. The number of nitrogens with two attached hydrogens (primary N) is 2. The van der Waals surface area contributed by atoms with E-state index in [9.17, 15) is 24.5 Å². The third-order valence-electron chi connectivity index (χ3n) is 6.73. The molecule has 4 aromatic rings. The maximum atomic E-state index is 15.2. The number of nitrogens with one attached hydrogen (secondary N) is 1. The Labute approximate surface area is 227 Å². The van der Waals surface area contributed by atoms with Gasteiger partial charge in [-0.05, 0) is 0 Å². The maximum absolute atomic E-state index is 15.2. The lowest BCUT2D eigenvalue weighted by Gasteiger charge is -2.24. The lowest BCUT2D eigenvalue weighted by molar-refractivity contribution is -0.0593. The number of aromatic nitrogens is 8. The minimum atomic E-state index is -5.03. The van der Waals surface area contributed by atoms with Crippen molar-refractivity contribution in [2.24, 2.45) is 0 Å². The van der Waals surface area contributed by atoms with Gasteiger partial charge in [-0.25, -0.2) is 28.9 Å². The lowest BCUT2D eigenvalue weighted by atomic mass is 10.1. The fourth-order valence-electron chi connectivity index (χ4n) is 4.78. The number of H-pyrrole nitrogens is 1. The highest BCUT2D eigenvalue weighted by atomic mass is 31.2. The van der Waals surface area contributed by atoms with E-state index < -0.39 is 69.6 Å². The molecular formula is C20H24FN10O9P. The van der Waals surface area contributed by atoms with Gasteiger partial charge in [0.2, 0.25) is 5.95 Å². The van der Waals surface area contributed by atoms with Crippen LogP contribution in [0.2, 0.25) is 0 Å². The number of phosphoric acid groups is 1. The second-order valence-corrected chi connectivity index (χ2v) is 10.7. The number of hydrogen-bond donors (Lipinski definition) is 6. The zero-order chi connectivity index (χ0) is 29.1. The standard InChI is InChI=1S/C20H24FN10O9P/c21-11-8(2-32)39-19(31-6-27-13-17(31)28-20(23)29-18(13)34)14(11)40-41(35,36)37-3-9-7(33)1-10(38-9)30-5-26-12-15(22)24-4-25-16(12)30/h4-11,14,19,32-33H,1-3H2,(H,35,36)(H2,22,24,25)(H3,23,28,29,34)/t7?,8-,9-,10-,11?,14?,19-/m1/s1. The number of ether oxygens (including phenoxy) is 2. The van der Waals surface area contributed by atoms with Crippen LogP contribution in [0.1, 0.15) is 18.9 Å². The van der Waals surface area contributed by atoms with Crippen molar-refractivity contribution in [2.45, 2.75) is 49.5 Å². The molecule has 8 N–H and O–H groups in total. The molecule has 0 aliphatic carbocycles. The predicted octanol–water partition coefficient (Wildman–Crippen LogP) is -1.50. The highest BCUT2D eigenvalue weighted by molar-refractivity contribution is 7.47. The molecule has 2 aliphatic rings. The van der Waals surface area contributed by atoms with Crippen LogP contribution in [0, 0.1) is 0 Å². The van der Waals surface area contributed by atoms with Gasteiger partial charge >= 0.3 is 7.82 Å². The van der Waals surface area contributed by atoms with Gasteiger partial charge in [0.25, 0.3) is 5.56 Å². The summed E-state index contributed by atoms with van der Waals surface area (Å²) in [5.74, 6) is -0.108. The van der Waals surface area contributed by atoms with E-state index in [2.05, 4.69) is 29.9 Å². The number of hydrogen-bond acceptors (Lipinski definition) is 15. The summed E-state index contributed by atoms with van der Waals surface area (Å²) in [4.78, 5) is 44.9. The smallest absolute Gasteiger partial charge is 0.394 e. The number of aliphatic hydroxyl groups excluding tert-OH is 2. The second-order valence-electron chi connectivity index (χ2n) is 9.32. The molecular weight excluding hydrogens is 574 g/mol. The normalized spacial score (nSPS) is 29.9. The van der Waals surface area contributed by atoms with Crippen LogP contribution in [0.25, 0.3) is 22.3 Å². The molecule has 6 heterocycles. The summed E-state index contributed by atoms with van der Waals surface area (Å²) in [6.45, 7) is -1.41. The quantitative estimate of drug-likeness (QED) is 0.126. The number of rotatable bonds is 8. The average molecular weight is 598 g/mol. The Balaban J connectivity index is 1.17. The van der Waals surface area contributed by atoms with Crippen molar-refractivity contribution >= 4 is 41.9 Å². The van der Waals surface area contributed by atoms with E-state index in [0.717, 1.165) is 10.9 Å². The van der Waals surface area contributed by atoms with E-state index in [1.54, 1.807) is 0 Å². The first kappa shape index (κ1) is 27.5. The Bertz CT molecular complexity index is 1700. The molecule has 8 atom stereocenters. The van der Waals surface area contributed by atoms with Crippen LogP contribution in [-0.2, 0) is 23.1 Å². The van der Waals surface area contributed by atoms with E-state index in [1.165, 1.54) is 17.2 Å². The zero-order valence-corrected chi connectivity index (χ0v) is 21.7. The predicted molar refractivity (Wildman–Crippen MR) is 133 cm³/mol. The number of anilines is 2. The molecule has 4 aromatic heterocycles. The summed E-state index contributed by atoms with van der Waals surface area (Å²) < 4.78 is 52.3. The number of fused-ring (bicyclic) bond motifs is 2.